The maximum Gasteiger partial charge on any atom is 0.311 e. The third-order valence-corrected chi connectivity index (χ3v) is 4.77. The molecule has 0 heterocycles. The van der Waals surface area contributed by atoms with Gasteiger partial charge in [0.15, 0.2) is 0 Å². The summed E-state index contributed by atoms with van der Waals surface area (Å²) in [5.41, 5.74) is -0.573. The second-order valence-electron chi connectivity index (χ2n) is 7.29. The van der Waals surface area contributed by atoms with Crippen LogP contribution in [0.2, 0.25) is 0 Å². The van der Waals surface area contributed by atoms with E-state index >= 15 is 0 Å². The van der Waals surface area contributed by atoms with Gasteiger partial charge in [-0.3, -0.25) is 4.79 Å². The van der Waals surface area contributed by atoms with Crippen molar-refractivity contribution in [2.75, 3.05) is 0 Å². The number of hydrogen-bond acceptors (Lipinski definition) is 3. The van der Waals surface area contributed by atoms with Crippen molar-refractivity contribution in [1.82, 2.24) is 0 Å². The first-order valence-electron chi connectivity index (χ1n) is 7.89. The van der Waals surface area contributed by atoms with Crippen LogP contribution in [0.25, 0.3) is 0 Å². The van der Waals surface area contributed by atoms with Crippen LogP contribution in [0, 0.1) is 11.3 Å². The fraction of sp³-hybridized carbons (Fsp3) is 0.824. The van der Waals surface area contributed by atoms with Crippen LogP contribution in [-0.2, 0) is 14.3 Å². The molecule has 0 saturated heterocycles. The van der Waals surface area contributed by atoms with E-state index in [-0.39, 0.29) is 17.7 Å². The molecule has 0 spiro atoms. The summed E-state index contributed by atoms with van der Waals surface area (Å²) in [5, 5.41) is 0. The molecule has 2 saturated carbocycles. The smallest absolute Gasteiger partial charge is 0.311 e. The van der Waals surface area contributed by atoms with Crippen LogP contribution in [0.3, 0.4) is 0 Å². The van der Waals surface area contributed by atoms with Crippen molar-refractivity contribution in [3.63, 3.8) is 0 Å². The van der Waals surface area contributed by atoms with Gasteiger partial charge < -0.3 is 9.47 Å². The van der Waals surface area contributed by atoms with Gasteiger partial charge in [-0.25, -0.2) is 0 Å². The van der Waals surface area contributed by atoms with Gasteiger partial charge in [-0.2, -0.15) is 0 Å². The van der Waals surface area contributed by atoms with E-state index in [1.54, 1.807) is 6.26 Å². The lowest BCUT2D eigenvalue weighted by Crippen LogP contribution is -2.43. The lowest BCUT2D eigenvalue weighted by atomic mass is 9.82. The Morgan fingerprint density at radius 3 is 2.40 bits per heavy atom. The number of ether oxygens (including phenoxy) is 2. The van der Waals surface area contributed by atoms with Crippen LogP contribution in [0.4, 0.5) is 0 Å². The van der Waals surface area contributed by atoms with Gasteiger partial charge in [0, 0.05) is 5.92 Å². The molecule has 0 bridgehead atoms. The molecule has 2 atom stereocenters. The highest BCUT2D eigenvalue weighted by Crippen LogP contribution is 2.47. The molecule has 0 aromatic carbocycles. The topological polar surface area (TPSA) is 35.5 Å². The molecule has 0 amide bonds. The molecule has 0 aromatic rings. The maximum atomic E-state index is 12.2. The minimum Gasteiger partial charge on any atom is -0.495 e. The molecule has 2 unspecified atom stereocenters. The largest absolute Gasteiger partial charge is 0.495 e. The summed E-state index contributed by atoms with van der Waals surface area (Å²) in [7, 11) is 0. The molecule has 0 aliphatic heterocycles. The van der Waals surface area contributed by atoms with Gasteiger partial charge in [0.2, 0.25) is 0 Å². The molecule has 0 radical (unpaired) electrons. The summed E-state index contributed by atoms with van der Waals surface area (Å²) in [5.74, 6) is 0.232. The Morgan fingerprint density at radius 1 is 1.20 bits per heavy atom. The molecule has 114 valence electrons. The Bertz CT molecular complexity index is 361. The van der Waals surface area contributed by atoms with Gasteiger partial charge in [-0.15, -0.1) is 0 Å². The SMILES string of the molecule is C=COC1(C2CCCC2OC(=O)C(C)(C)C)CCCC1. The third-order valence-electron chi connectivity index (χ3n) is 4.77. The van der Waals surface area contributed by atoms with Gasteiger partial charge in [0.05, 0.1) is 11.7 Å². The normalized spacial score (nSPS) is 29.1. The minimum absolute atomic E-state index is 0.0137. The van der Waals surface area contributed by atoms with E-state index in [0.717, 1.165) is 32.1 Å². The highest BCUT2D eigenvalue weighted by Gasteiger charge is 2.50. The average Bonchev–Trinajstić information content (AvgIpc) is 2.98. The van der Waals surface area contributed by atoms with Crippen LogP contribution in [-0.4, -0.2) is 17.7 Å². The van der Waals surface area contributed by atoms with Crippen molar-refractivity contribution in [3.8, 4) is 0 Å². The lowest BCUT2D eigenvalue weighted by Gasteiger charge is -2.38. The molecule has 0 N–H and O–H groups in total. The predicted octanol–water partition coefficient (Wildman–Crippen LogP) is 4.22. The fourth-order valence-electron chi connectivity index (χ4n) is 3.70. The van der Waals surface area contributed by atoms with Crippen LogP contribution in [0.1, 0.15) is 65.7 Å². The Hall–Kier alpha value is -0.990. The zero-order valence-corrected chi connectivity index (χ0v) is 13.1. The van der Waals surface area contributed by atoms with E-state index in [0.29, 0.717) is 5.92 Å². The molecule has 2 rings (SSSR count). The monoisotopic (exact) mass is 280 g/mol. The minimum atomic E-state index is -0.435. The molecule has 2 aliphatic carbocycles. The van der Waals surface area contributed by atoms with Crippen LogP contribution < -0.4 is 0 Å². The molecule has 3 nitrogen and oxygen atoms in total. The maximum absolute atomic E-state index is 12.2. The first-order valence-corrected chi connectivity index (χ1v) is 7.89. The number of rotatable bonds is 4. The summed E-state index contributed by atoms with van der Waals surface area (Å²) in [6.07, 6.45) is 9.29. The molecule has 0 aromatic heterocycles. The first-order chi connectivity index (χ1) is 9.39. The zero-order chi connectivity index (χ0) is 14.8. The molecule has 2 fully saturated rings. The Kier molecular flexibility index (Phi) is 4.46. The third kappa shape index (κ3) is 3.02. The Balaban J connectivity index is 2.10. The second kappa shape index (κ2) is 5.79. The molecule has 3 heteroatoms. The van der Waals surface area contributed by atoms with Gasteiger partial charge in [0.1, 0.15) is 11.7 Å². The number of esters is 1. The van der Waals surface area contributed by atoms with Crippen molar-refractivity contribution in [2.24, 2.45) is 11.3 Å². The van der Waals surface area contributed by atoms with E-state index < -0.39 is 5.41 Å². The summed E-state index contributed by atoms with van der Waals surface area (Å²) in [6.45, 7) is 9.46. The standard InChI is InChI=1S/C17H28O3/c1-5-19-17(11-6-7-12-17)13-9-8-10-14(13)20-15(18)16(2,3)4/h5,13-14H,1,6-12H2,2-4H3. The number of carbonyl (C=O) groups is 1. The summed E-state index contributed by atoms with van der Waals surface area (Å²) in [4.78, 5) is 12.2. The Labute approximate surface area is 122 Å². The van der Waals surface area contributed by atoms with Gasteiger partial charge in [-0.1, -0.05) is 6.58 Å². The highest BCUT2D eigenvalue weighted by atomic mass is 16.6. The molecular formula is C17H28O3. The Morgan fingerprint density at radius 2 is 1.85 bits per heavy atom. The van der Waals surface area contributed by atoms with Gasteiger partial charge in [-0.05, 0) is 65.7 Å². The first kappa shape index (κ1) is 15.4. The molecule has 20 heavy (non-hydrogen) atoms. The summed E-state index contributed by atoms with van der Waals surface area (Å²) < 4.78 is 11.8. The zero-order valence-electron chi connectivity index (χ0n) is 13.1. The van der Waals surface area contributed by atoms with E-state index in [2.05, 4.69) is 6.58 Å². The van der Waals surface area contributed by atoms with Crippen molar-refractivity contribution in [1.29, 1.82) is 0 Å². The van der Waals surface area contributed by atoms with E-state index in [1.165, 1.54) is 12.8 Å². The predicted molar refractivity (Wildman–Crippen MR) is 79.2 cm³/mol. The van der Waals surface area contributed by atoms with E-state index in [4.69, 9.17) is 9.47 Å². The molecule has 2 aliphatic rings. The number of hydrogen-bond donors (Lipinski definition) is 0. The van der Waals surface area contributed by atoms with Crippen LogP contribution >= 0.6 is 0 Å². The quantitative estimate of drug-likeness (QED) is 0.571. The summed E-state index contributed by atoms with van der Waals surface area (Å²) in [6, 6.07) is 0. The highest BCUT2D eigenvalue weighted by molar-refractivity contribution is 5.75. The average molecular weight is 280 g/mol. The van der Waals surface area contributed by atoms with Crippen molar-refractivity contribution in [2.45, 2.75) is 77.4 Å². The van der Waals surface area contributed by atoms with Crippen LogP contribution in [0.15, 0.2) is 12.8 Å². The van der Waals surface area contributed by atoms with Crippen molar-refractivity contribution < 1.29 is 14.3 Å². The van der Waals surface area contributed by atoms with Crippen molar-refractivity contribution >= 4 is 5.97 Å². The number of carbonyl (C=O) groups excluding carboxylic acids is 1. The van der Waals surface area contributed by atoms with Crippen LogP contribution in [0.5, 0.6) is 0 Å². The van der Waals surface area contributed by atoms with Crippen molar-refractivity contribution in [3.05, 3.63) is 12.8 Å². The lowest BCUT2D eigenvalue weighted by molar-refractivity contribution is -0.166. The van der Waals surface area contributed by atoms with E-state index in [9.17, 15) is 4.79 Å². The summed E-state index contributed by atoms with van der Waals surface area (Å²) >= 11 is 0. The van der Waals surface area contributed by atoms with Gasteiger partial charge in [0.25, 0.3) is 0 Å². The second-order valence-corrected chi connectivity index (χ2v) is 7.29. The van der Waals surface area contributed by atoms with E-state index in [1.807, 2.05) is 20.8 Å². The fourth-order valence-corrected chi connectivity index (χ4v) is 3.70. The molecular weight excluding hydrogens is 252 g/mol. The van der Waals surface area contributed by atoms with Gasteiger partial charge >= 0.3 is 5.97 Å².